The van der Waals surface area contributed by atoms with Gasteiger partial charge in [0.2, 0.25) is 5.91 Å². The van der Waals surface area contributed by atoms with Crippen LogP contribution in [0.3, 0.4) is 0 Å². The molecule has 122 valence electrons. The molecule has 0 heterocycles. The van der Waals surface area contributed by atoms with Crippen molar-refractivity contribution in [2.24, 2.45) is 0 Å². The minimum atomic E-state index is 0.0274. The van der Waals surface area contributed by atoms with Crippen LogP contribution in [0.1, 0.15) is 30.5 Å². The first-order valence-corrected chi connectivity index (χ1v) is 8.10. The van der Waals surface area contributed by atoms with Crippen molar-refractivity contribution >= 4 is 11.6 Å². The summed E-state index contributed by atoms with van der Waals surface area (Å²) in [5, 5.41) is 3.01. The monoisotopic (exact) mass is 310 g/mol. The lowest BCUT2D eigenvalue weighted by molar-refractivity contribution is -0.117. The summed E-state index contributed by atoms with van der Waals surface area (Å²) in [5.41, 5.74) is 4.41. The van der Waals surface area contributed by atoms with Gasteiger partial charge in [-0.15, -0.1) is 0 Å². The highest BCUT2D eigenvalue weighted by atomic mass is 16.2. The molecule has 0 radical (unpaired) electrons. The third-order valence-electron chi connectivity index (χ3n) is 3.81. The Hall–Kier alpha value is -2.13. The maximum absolute atomic E-state index is 12.4. The molecule has 3 heteroatoms. The van der Waals surface area contributed by atoms with E-state index >= 15 is 0 Å². The van der Waals surface area contributed by atoms with Crippen LogP contribution in [-0.4, -0.2) is 23.4 Å². The van der Waals surface area contributed by atoms with Crippen LogP contribution < -0.4 is 5.32 Å². The fourth-order valence-electron chi connectivity index (χ4n) is 2.67. The summed E-state index contributed by atoms with van der Waals surface area (Å²) in [6.45, 7) is 9.48. The zero-order valence-electron chi connectivity index (χ0n) is 14.5. The molecule has 1 N–H and O–H groups in total. The predicted molar refractivity (Wildman–Crippen MR) is 96.5 cm³/mol. The number of amides is 1. The highest BCUT2D eigenvalue weighted by molar-refractivity contribution is 5.92. The van der Waals surface area contributed by atoms with E-state index < -0.39 is 0 Å². The summed E-state index contributed by atoms with van der Waals surface area (Å²) < 4.78 is 0. The topological polar surface area (TPSA) is 32.3 Å². The van der Waals surface area contributed by atoms with Gasteiger partial charge in [0.15, 0.2) is 0 Å². The van der Waals surface area contributed by atoms with Crippen LogP contribution in [0, 0.1) is 13.8 Å². The van der Waals surface area contributed by atoms with Gasteiger partial charge in [0.05, 0.1) is 6.54 Å². The molecule has 0 unspecified atom stereocenters. The van der Waals surface area contributed by atoms with Crippen molar-refractivity contribution < 1.29 is 4.79 Å². The van der Waals surface area contributed by atoms with Crippen molar-refractivity contribution in [2.75, 3.05) is 11.9 Å². The average molecular weight is 310 g/mol. The highest BCUT2D eigenvalue weighted by Gasteiger charge is 2.14. The van der Waals surface area contributed by atoms with Gasteiger partial charge in [-0.1, -0.05) is 36.4 Å². The Kier molecular flexibility index (Phi) is 5.94. The molecule has 1 amide bonds. The van der Waals surface area contributed by atoms with Crippen LogP contribution in [0.15, 0.2) is 48.5 Å². The van der Waals surface area contributed by atoms with Crippen molar-refractivity contribution in [2.45, 2.75) is 40.3 Å². The van der Waals surface area contributed by atoms with Gasteiger partial charge in [0, 0.05) is 18.3 Å². The predicted octanol–water partition coefficient (Wildman–Crippen LogP) is 4.15. The van der Waals surface area contributed by atoms with Gasteiger partial charge in [-0.3, -0.25) is 9.69 Å². The molecule has 2 aromatic carbocycles. The van der Waals surface area contributed by atoms with Gasteiger partial charge in [0.25, 0.3) is 0 Å². The Morgan fingerprint density at radius 2 is 1.65 bits per heavy atom. The molecule has 0 spiro atoms. The molecule has 0 saturated heterocycles. The van der Waals surface area contributed by atoms with Crippen LogP contribution in [-0.2, 0) is 11.3 Å². The number of carbonyl (C=O) groups is 1. The SMILES string of the molecule is Cc1cc(C)cc(NC(=O)CN(Cc2ccccc2)C(C)C)c1. The fraction of sp³-hybridized carbons (Fsp3) is 0.350. The van der Waals surface area contributed by atoms with Gasteiger partial charge in [-0.05, 0) is 56.5 Å². The molecule has 0 aromatic heterocycles. The van der Waals surface area contributed by atoms with Gasteiger partial charge < -0.3 is 5.32 Å². The Labute approximate surface area is 139 Å². The molecule has 0 saturated carbocycles. The number of aryl methyl sites for hydroxylation is 2. The van der Waals surface area contributed by atoms with E-state index in [9.17, 15) is 4.79 Å². The summed E-state index contributed by atoms with van der Waals surface area (Å²) in [7, 11) is 0. The number of nitrogens with zero attached hydrogens (tertiary/aromatic N) is 1. The van der Waals surface area contributed by atoms with Gasteiger partial charge in [0.1, 0.15) is 0 Å². The van der Waals surface area contributed by atoms with E-state index in [0.717, 1.165) is 23.4 Å². The average Bonchev–Trinajstić information content (AvgIpc) is 2.46. The molecule has 2 rings (SSSR count). The Morgan fingerprint density at radius 3 is 2.22 bits per heavy atom. The first-order valence-electron chi connectivity index (χ1n) is 8.10. The minimum absolute atomic E-state index is 0.0274. The van der Waals surface area contributed by atoms with Crippen molar-refractivity contribution in [1.82, 2.24) is 4.90 Å². The standard InChI is InChI=1S/C20H26N2O/c1-15(2)22(13-18-8-6-5-7-9-18)14-20(23)21-19-11-16(3)10-17(4)12-19/h5-12,15H,13-14H2,1-4H3,(H,21,23). The maximum Gasteiger partial charge on any atom is 0.238 e. The molecule has 0 atom stereocenters. The molecule has 0 aliphatic carbocycles. The molecule has 2 aromatic rings. The quantitative estimate of drug-likeness (QED) is 0.869. The lowest BCUT2D eigenvalue weighted by Crippen LogP contribution is -2.37. The largest absolute Gasteiger partial charge is 0.325 e. The second kappa shape index (κ2) is 7.93. The van der Waals surface area contributed by atoms with Gasteiger partial charge in [-0.2, -0.15) is 0 Å². The summed E-state index contributed by atoms with van der Waals surface area (Å²) in [6, 6.07) is 16.7. The van der Waals surface area contributed by atoms with Crippen LogP contribution in [0.5, 0.6) is 0 Å². The number of hydrogen-bond donors (Lipinski definition) is 1. The highest BCUT2D eigenvalue weighted by Crippen LogP contribution is 2.14. The fourth-order valence-corrected chi connectivity index (χ4v) is 2.67. The molecule has 0 bridgehead atoms. The third-order valence-corrected chi connectivity index (χ3v) is 3.81. The van der Waals surface area contributed by atoms with Gasteiger partial charge in [-0.25, -0.2) is 0 Å². The van der Waals surface area contributed by atoms with Gasteiger partial charge >= 0.3 is 0 Å². The zero-order valence-corrected chi connectivity index (χ0v) is 14.5. The second-order valence-electron chi connectivity index (χ2n) is 6.41. The maximum atomic E-state index is 12.4. The number of rotatable bonds is 6. The number of anilines is 1. The van der Waals surface area contributed by atoms with E-state index in [1.807, 2.05) is 44.2 Å². The molecule has 0 aliphatic heterocycles. The molecule has 0 aliphatic rings. The Bertz CT molecular complexity index is 630. The molecule has 3 nitrogen and oxygen atoms in total. The van der Waals surface area contributed by atoms with Crippen molar-refractivity contribution in [3.8, 4) is 0 Å². The smallest absolute Gasteiger partial charge is 0.238 e. The van der Waals surface area contributed by atoms with E-state index in [1.165, 1.54) is 5.56 Å². The first kappa shape index (κ1) is 17.2. The zero-order chi connectivity index (χ0) is 16.8. The number of nitrogens with one attached hydrogen (secondary N) is 1. The number of hydrogen-bond acceptors (Lipinski definition) is 2. The summed E-state index contributed by atoms with van der Waals surface area (Å²) in [6.07, 6.45) is 0. The van der Waals surface area contributed by atoms with Crippen molar-refractivity contribution in [3.63, 3.8) is 0 Å². The van der Waals surface area contributed by atoms with Crippen molar-refractivity contribution in [3.05, 3.63) is 65.2 Å². The van der Waals surface area contributed by atoms with E-state index in [4.69, 9.17) is 0 Å². The molecular formula is C20H26N2O. The summed E-state index contributed by atoms with van der Waals surface area (Å²) in [5.74, 6) is 0.0274. The van der Waals surface area contributed by atoms with E-state index in [2.05, 4.69) is 42.3 Å². The Morgan fingerprint density at radius 1 is 1.04 bits per heavy atom. The first-order chi connectivity index (χ1) is 10.9. The van der Waals surface area contributed by atoms with E-state index in [-0.39, 0.29) is 5.91 Å². The summed E-state index contributed by atoms with van der Waals surface area (Å²) in [4.78, 5) is 14.6. The van der Waals surface area contributed by atoms with Crippen LogP contribution in [0.4, 0.5) is 5.69 Å². The number of carbonyl (C=O) groups excluding carboxylic acids is 1. The van der Waals surface area contributed by atoms with Crippen LogP contribution in [0.2, 0.25) is 0 Å². The molecule has 0 fully saturated rings. The molecular weight excluding hydrogens is 284 g/mol. The normalized spacial score (nSPS) is 11.0. The van der Waals surface area contributed by atoms with Crippen LogP contribution in [0.25, 0.3) is 0 Å². The minimum Gasteiger partial charge on any atom is -0.325 e. The summed E-state index contributed by atoms with van der Waals surface area (Å²) >= 11 is 0. The number of benzene rings is 2. The molecule has 23 heavy (non-hydrogen) atoms. The van der Waals surface area contributed by atoms with E-state index in [1.54, 1.807) is 0 Å². The second-order valence-corrected chi connectivity index (χ2v) is 6.41. The lowest BCUT2D eigenvalue weighted by Gasteiger charge is -2.26. The lowest BCUT2D eigenvalue weighted by atomic mass is 10.1. The van der Waals surface area contributed by atoms with E-state index in [0.29, 0.717) is 12.6 Å². The third kappa shape index (κ3) is 5.53. The van der Waals surface area contributed by atoms with Crippen LogP contribution >= 0.6 is 0 Å². The Balaban J connectivity index is 2.00. The van der Waals surface area contributed by atoms with Crippen molar-refractivity contribution in [1.29, 1.82) is 0 Å².